The van der Waals surface area contributed by atoms with Crippen molar-refractivity contribution in [1.82, 2.24) is 20.0 Å². The highest BCUT2D eigenvalue weighted by Gasteiger charge is 2.42. The van der Waals surface area contributed by atoms with Gasteiger partial charge in [0, 0.05) is 24.3 Å². The lowest BCUT2D eigenvalue weighted by molar-refractivity contribution is 0.108. The molecule has 0 bridgehead atoms. The maximum absolute atomic E-state index is 4.39. The molecule has 1 fully saturated rings. The second-order valence-corrected chi connectivity index (χ2v) is 5.95. The van der Waals surface area contributed by atoms with Crippen LogP contribution in [0.3, 0.4) is 0 Å². The van der Waals surface area contributed by atoms with Crippen LogP contribution < -0.4 is 5.32 Å². The van der Waals surface area contributed by atoms with Crippen LogP contribution in [0.2, 0.25) is 0 Å². The van der Waals surface area contributed by atoms with E-state index in [1.54, 1.807) is 0 Å². The quantitative estimate of drug-likeness (QED) is 0.852. The Labute approximate surface area is 117 Å². The van der Waals surface area contributed by atoms with Gasteiger partial charge in [-0.3, -0.25) is 4.68 Å². The molecule has 0 saturated heterocycles. The third-order valence-electron chi connectivity index (χ3n) is 4.81. The van der Waals surface area contributed by atoms with E-state index in [2.05, 4.69) is 49.6 Å². The molecular formula is C15H28N4. The fourth-order valence-electron chi connectivity index (χ4n) is 3.58. The Morgan fingerprint density at radius 2 is 2.11 bits per heavy atom. The van der Waals surface area contributed by atoms with Crippen molar-refractivity contribution in [2.45, 2.75) is 57.2 Å². The molecule has 108 valence electrons. The molecule has 1 aliphatic rings. The number of hydrogen-bond acceptors (Lipinski definition) is 3. The van der Waals surface area contributed by atoms with Gasteiger partial charge in [-0.1, -0.05) is 12.8 Å². The van der Waals surface area contributed by atoms with Gasteiger partial charge in [0.2, 0.25) is 0 Å². The van der Waals surface area contributed by atoms with Gasteiger partial charge in [-0.2, -0.15) is 5.10 Å². The topological polar surface area (TPSA) is 33.1 Å². The van der Waals surface area contributed by atoms with Crippen LogP contribution in [-0.4, -0.2) is 47.4 Å². The molecule has 1 aromatic heterocycles. The third-order valence-corrected chi connectivity index (χ3v) is 4.81. The summed E-state index contributed by atoms with van der Waals surface area (Å²) in [6, 6.07) is 0.500. The van der Waals surface area contributed by atoms with Crippen LogP contribution in [0.15, 0.2) is 12.4 Å². The van der Waals surface area contributed by atoms with Crippen molar-refractivity contribution in [2.75, 3.05) is 21.1 Å². The summed E-state index contributed by atoms with van der Waals surface area (Å²) in [5, 5.41) is 7.95. The van der Waals surface area contributed by atoms with E-state index in [0.29, 0.717) is 11.6 Å². The van der Waals surface area contributed by atoms with E-state index in [-0.39, 0.29) is 0 Å². The SMILES string of the molecule is CCn1cc(CC(NC)C2(N(C)C)CCCC2)cn1. The Hall–Kier alpha value is -0.870. The lowest BCUT2D eigenvalue weighted by Crippen LogP contribution is -2.57. The summed E-state index contributed by atoms with van der Waals surface area (Å²) in [5.41, 5.74) is 1.65. The number of hydrogen-bond donors (Lipinski definition) is 1. The van der Waals surface area contributed by atoms with Crippen molar-refractivity contribution in [2.24, 2.45) is 0 Å². The summed E-state index contributed by atoms with van der Waals surface area (Å²) in [6.07, 6.45) is 10.6. The first-order chi connectivity index (χ1) is 9.12. The Bertz CT molecular complexity index is 391. The highest BCUT2D eigenvalue weighted by molar-refractivity contribution is 5.12. The average Bonchev–Trinajstić information content (AvgIpc) is 3.05. The lowest BCUT2D eigenvalue weighted by Gasteiger charge is -2.43. The van der Waals surface area contributed by atoms with Crippen molar-refractivity contribution in [3.8, 4) is 0 Å². The Morgan fingerprint density at radius 3 is 2.58 bits per heavy atom. The molecule has 4 nitrogen and oxygen atoms in total. The molecule has 19 heavy (non-hydrogen) atoms. The van der Waals surface area contributed by atoms with Crippen molar-refractivity contribution in [1.29, 1.82) is 0 Å². The molecule has 1 unspecified atom stereocenters. The molecule has 1 aromatic rings. The maximum Gasteiger partial charge on any atom is 0.0522 e. The highest BCUT2D eigenvalue weighted by atomic mass is 15.3. The largest absolute Gasteiger partial charge is 0.315 e. The molecular weight excluding hydrogens is 236 g/mol. The number of nitrogens with zero attached hydrogens (tertiary/aromatic N) is 3. The second-order valence-electron chi connectivity index (χ2n) is 5.95. The van der Waals surface area contributed by atoms with Crippen LogP contribution in [0.5, 0.6) is 0 Å². The van der Waals surface area contributed by atoms with E-state index in [1.807, 2.05) is 10.9 Å². The predicted molar refractivity (Wildman–Crippen MR) is 79.3 cm³/mol. The van der Waals surface area contributed by atoms with Gasteiger partial charge in [0.05, 0.1) is 6.20 Å². The third kappa shape index (κ3) is 2.84. The summed E-state index contributed by atoms with van der Waals surface area (Å²) in [5.74, 6) is 0. The van der Waals surface area contributed by atoms with Crippen molar-refractivity contribution in [3.63, 3.8) is 0 Å². The fourth-order valence-corrected chi connectivity index (χ4v) is 3.58. The molecule has 0 aliphatic heterocycles. The monoisotopic (exact) mass is 264 g/mol. The van der Waals surface area contributed by atoms with Crippen LogP contribution in [0.1, 0.15) is 38.2 Å². The van der Waals surface area contributed by atoms with E-state index in [0.717, 1.165) is 13.0 Å². The zero-order valence-electron chi connectivity index (χ0n) is 12.8. The van der Waals surface area contributed by atoms with Gasteiger partial charge in [-0.05, 0) is 52.9 Å². The number of likely N-dealkylation sites (N-methyl/N-ethyl adjacent to an activating group) is 2. The van der Waals surface area contributed by atoms with Crippen LogP contribution in [0.25, 0.3) is 0 Å². The Kier molecular flexibility index (Phi) is 4.63. The summed E-state index contributed by atoms with van der Waals surface area (Å²) >= 11 is 0. The normalized spacial score (nSPS) is 20.1. The maximum atomic E-state index is 4.39. The van der Waals surface area contributed by atoms with Gasteiger partial charge in [0.1, 0.15) is 0 Å². The first-order valence-corrected chi connectivity index (χ1v) is 7.48. The molecule has 4 heteroatoms. The van der Waals surface area contributed by atoms with Gasteiger partial charge >= 0.3 is 0 Å². The van der Waals surface area contributed by atoms with E-state index in [1.165, 1.54) is 31.2 Å². The minimum atomic E-state index is 0.309. The number of nitrogens with one attached hydrogen (secondary N) is 1. The molecule has 1 atom stereocenters. The van der Waals surface area contributed by atoms with Gasteiger partial charge in [0.15, 0.2) is 0 Å². The zero-order valence-corrected chi connectivity index (χ0v) is 12.8. The molecule has 0 amide bonds. The van der Waals surface area contributed by atoms with Crippen LogP contribution in [0, 0.1) is 0 Å². The summed E-state index contributed by atoms with van der Waals surface area (Å²) < 4.78 is 2.01. The molecule has 1 aliphatic carbocycles. The smallest absolute Gasteiger partial charge is 0.0522 e. The average molecular weight is 264 g/mol. The van der Waals surface area contributed by atoms with Crippen LogP contribution in [0.4, 0.5) is 0 Å². The fraction of sp³-hybridized carbons (Fsp3) is 0.800. The molecule has 1 heterocycles. The number of aromatic nitrogens is 2. The molecule has 1 saturated carbocycles. The van der Waals surface area contributed by atoms with Crippen molar-refractivity contribution >= 4 is 0 Å². The molecule has 1 N–H and O–H groups in total. The summed E-state index contributed by atoms with van der Waals surface area (Å²) in [7, 11) is 6.55. The Morgan fingerprint density at radius 1 is 1.42 bits per heavy atom. The van der Waals surface area contributed by atoms with E-state index < -0.39 is 0 Å². The summed E-state index contributed by atoms with van der Waals surface area (Å²) in [4.78, 5) is 2.44. The lowest BCUT2D eigenvalue weighted by atomic mass is 9.83. The first-order valence-electron chi connectivity index (χ1n) is 7.48. The van der Waals surface area contributed by atoms with Gasteiger partial charge in [-0.15, -0.1) is 0 Å². The Balaban J connectivity index is 2.14. The zero-order chi connectivity index (χ0) is 13.9. The van der Waals surface area contributed by atoms with Crippen LogP contribution in [-0.2, 0) is 13.0 Å². The van der Waals surface area contributed by atoms with Crippen molar-refractivity contribution < 1.29 is 0 Å². The van der Waals surface area contributed by atoms with E-state index >= 15 is 0 Å². The number of rotatable bonds is 6. The predicted octanol–water partition coefficient (Wildman–Crippen LogP) is 1.91. The van der Waals surface area contributed by atoms with E-state index in [4.69, 9.17) is 0 Å². The molecule has 2 rings (SSSR count). The van der Waals surface area contributed by atoms with Gasteiger partial charge in [-0.25, -0.2) is 0 Å². The number of aryl methyl sites for hydroxylation is 1. The molecule has 0 spiro atoms. The van der Waals surface area contributed by atoms with Crippen molar-refractivity contribution in [3.05, 3.63) is 18.0 Å². The first kappa shape index (κ1) is 14.5. The molecule has 0 radical (unpaired) electrons. The second kappa shape index (κ2) is 6.06. The molecule has 0 aromatic carbocycles. The summed E-state index contributed by atoms with van der Waals surface area (Å²) in [6.45, 7) is 3.08. The van der Waals surface area contributed by atoms with Gasteiger partial charge < -0.3 is 10.2 Å². The van der Waals surface area contributed by atoms with Crippen LogP contribution >= 0.6 is 0 Å². The highest BCUT2D eigenvalue weighted by Crippen LogP contribution is 2.37. The standard InChI is InChI=1S/C15H28N4/c1-5-19-12-13(11-17-19)10-14(16-2)15(18(3)4)8-6-7-9-15/h11-12,14,16H,5-10H2,1-4H3. The minimum Gasteiger partial charge on any atom is -0.315 e. The van der Waals surface area contributed by atoms with E-state index in [9.17, 15) is 0 Å². The van der Waals surface area contributed by atoms with Gasteiger partial charge in [0.25, 0.3) is 0 Å². The minimum absolute atomic E-state index is 0.309.